The average Bonchev–Trinajstić information content (AvgIpc) is 2.47. The topological polar surface area (TPSA) is 26.3 Å². The van der Waals surface area contributed by atoms with Gasteiger partial charge in [-0.15, -0.1) is 11.3 Å². The first-order valence-electron chi connectivity index (χ1n) is 6.10. The van der Waals surface area contributed by atoms with Crippen molar-refractivity contribution in [3.05, 3.63) is 64.3 Å². The van der Waals surface area contributed by atoms with E-state index in [0.29, 0.717) is 28.2 Å². The van der Waals surface area contributed by atoms with Gasteiger partial charge < -0.3 is 4.74 Å². The Morgan fingerprint density at radius 1 is 1.25 bits per heavy atom. The molecule has 0 radical (unpaired) electrons. The van der Waals surface area contributed by atoms with Gasteiger partial charge in [0, 0.05) is 10.1 Å². The average molecular weight is 303 g/mol. The molecule has 0 bridgehead atoms. The van der Waals surface area contributed by atoms with Crippen LogP contribution in [0, 0.1) is 0 Å². The van der Waals surface area contributed by atoms with Crippen molar-refractivity contribution in [2.24, 2.45) is 0 Å². The van der Waals surface area contributed by atoms with Crippen molar-refractivity contribution >= 4 is 43.1 Å². The van der Waals surface area contributed by atoms with Crippen LogP contribution in [0.3, 0.4) is 0 Å². The van der Waals surface area contributed by atoms with E-state index in [-0.39, 0.29) is 5.43 Å². The summed E-state index contributed by atoms with van der Waals surface area (Å²) in [6.07, 6.45) is 1.67. The van der Waals surface area contributed by atoms with E-state index in [1.807, 2.05) is 24.3 Å². The molecule has 0 atom stereocenters. The Hall–Kier alpha value is -1.84. The smallest absolute Gasteiger partial charge is 0.197 e. The summed E-state index contributed by atoms with van der Waals surface area (Å²) in [4.78, 5) is 12.6. The van der Waals surface area contributed by atoms with Gasteiger partial charge >= 0.3 is 0 Å². The number of benzene rings is 2. The number of hydrogen-bond acceptors (Lipinski definition) is 3. The fourth-order valence-corrected chi connectivity index (χ4v) is 3.57. The molecule has 3 rings (SSSR count). The predicted octanol–water partition coefficient (Wildman–Crippen LogP) is 4.63. The van der Waals surface area contributed by atoms with Crippen molar-refractivity contribution in [3.63, 3.8) is 0 Å². The molecule has 20 heavy (non-hydrogen) atoms. The highest BCUT2D eigenvalue weighted by atomic mass is 35.5. The van der Waals surface area contributed by atoms with Gasteiger partial charge in [-0.05, 0) is 24.3 Å². The van der Waals surface area contributed by atoms with Crippen molar-refractivity contribution < 1.29 is 4.74 Å². The normalized spacial score (nSPS) is 10.8. The molecule has 0 fully saturated rings. The van der Waals surface area contributed by atoms with Gasteiger partial charge in [0.05, 0.1) is 15.1 Å². The van der Waals surface area contributed by atoms with Crippen molar-refractivity contribution in [2.75, 3.05) is 6.61 Å². The van der Waals surface area contributed by atoms with Crippen LogP contribution >= 0.6 is 22.9 Å². The summed E-state index contributed by atoms with van der Waals surface area (Å²) in [5, 5.41) is 1.67. The van der Waals surface area contributed by atoms with Crippen molar-refractivity contribution in [1.29, 1.82) is 0 Å². The summed E-state index contributed by atoms with van der Waals surface area (Å²) in [6.45, 7) is 4.02. The molecule has 0 aliphatic rings. The maximum Gasteiger partial charge on any atom is 0.197 e. The lowest BCUT2D eigenvalue weighted by atomic mass is 10.2. The van der Waals surface area contributed by atoms with Crippen LogP contribution in [0.15, 0.2) is 53.8 Å². The molecular weight excluding hydrogens is 292 g/mol. The van der Waals surface area contributed by atoms with Gasteiger partial charge in [-0.25, -0.2) is 0 Å². The minimum atomic E-state index is -0.0524. The number of rotatable bonds is 3. The Morgan fingerprint density at radius 2 is 2.05 bits per heavy atom. The Labute approximate surface area is 124 Å². The Kier molecular flexibility index (Phi) is 3.47. The number of ether oxygens (including phenoxy) is 1. The summed E-state index contributed by atoms with van der Waals surface area (Å²) < 4.78 is 7.33. The second-order valence-corrected chi connectivity index (χ2v) is 5.74. The number of halogens is 1. The van der Waals surface area contributed by atoms with Crippen LogP contribution in [-0.4, -0.2) is 6.61 Å². The highest BCUT2D eigenvalue weighted by Gasteiger charge is 2.13. The summed E-state index contributed by atoms with van der Waals surface area (Å²) >= 11 is 7.71. The minimum Gasteiger partial charge on any atom is -0.488 e. The maximum atomic E-state index is 12.6. The SMILES string of the molecule is C=CCOc1ccc(Cl)c2c(=O)c3ccccc3sc12. The van der Waals surface area contributed by atoms with Crippen LogP contribution in [0.25, 0.3) is 20.2 Å². The Morgan fingerprint density at radius 3 is 2.85 bits per heavy atom. The van der Waals surface area contributed by atoms with E-state index in [1.54, 1.807) is 18.2 Å². The fraction of sp³-hybridized carbons (Fsp3) is 0.0625. The Balaban J connectivity index is 2.43. The molecule has 0 aliphatic carbocycles. The van der Waals surface area contributed by atoms with Gasteiger partial charge in [-0.3, -0.25) is 4.79 Å². The molecule has 0 saturated heterocycles. The van der Waals surface area contributed by atoms with E-state index in [4.69, 9.17) is 16.3 Å². The third-order valence-electron chi connectivity index (χ3n) is 3.00. The summed E-state index contributed by atoms with van der Waals surface area (Å²) in [5.41, 5.74) is -0.0524. The standard InChI is InChI=1S/C16H11ClO2S/c1-2-9-19-12-8-7-11(17)14-15(18)10-5-3-4-6-13(10)20-16(12)14/h2-8H,1,9H2. The molecule has 0 aliphatic heterocycles. The first-order valence-corrected chi connectivity index (χ1v) is 7.29. The molecule has 4 heteroatoms. The fourth-order valence-electron chi connectivity index (χ4n) is 2.10. The molecule has 2 aromatic carbocycles. The van der Waals surface area contributed by atoms with Crippen LogP contribution < -0.4 is 10.2 Å². The van der Waals surface area contributed by atoms with E-state index < -0.39 is 0 Å². The summed E-state index contributed by atoms with van der Waals surface area (Å²) in [5.74, 6) is 0.664. The summed E-state index contributed by atoms with van der Waals surface area (Å²) in [6, 6.07) is 11.0. The van der Waals surface area contributed by atoms with Gasteiger partial charge in [0.15, 0.2) is 5.43 Å². The van der Waals surface area contributed by atoms with Crippen LogP contribution in [0.5, 0.6) is 5.75 Å². The lowest BCUT2D eigenvalue weighted by Gasteiger charge is -2.09. The van der Waals surface area contributed by atoms with E-state index in [0.717, 1.165) is 9.40 Å². The molecule has 2 nitrogen and oxygen atoms in total. The van der Waals surface area contributed by atoms with Gasteiger partial charge in [-0.2, -0.15) is 0 Å². The highest BCUT2D eigenvalue weighted by Crippen LogP contribution is 2.35. The molecule has 1 heterocycles. The van der Waals surface area contributed by atoms with Gasteiger partial charge in [0.25, 0.3) is 0 Å². The minimum absolute atomic E-state index is 0.0524. The predicted molar refractivity (Wildman–Crippen MR) is 86.3 cm³/mol. The third kappa shape index (κ3) is 2.09. The number of fused-ring (bicyclic) bond motifs is 2. The molecule has 0 spiro atoms. The lowest BCUT2D eigenvalue weighted by molar-refractivity contribution is 0.368. The van der Waals surface area contributed by atoms with Crippen LogP contribution in [0.1, 0.15) is 0 Å². The van der Waals surface area contributed by atoms with Crippen molar-refractivity contribution in [3.8, 4) is 5.75 Å². The van der Waals surface area contributed by atoms with Gasteiger partial charge in [0.2, 0.25) is 0 Å². The quantitative estimate of drug-likeness (QED) is 0.521. The molecule has 0 N–H and O–H groups in total. The molecule has 0 saturated carbocycles. The molecule has 0 unspecified atom stereocenters. The third-order valence-corrected chi connectivity index (χ3v) is 4.50. The van der Waals surface area contributed by atoms with E-state index in [2.05, 4.69) is 6.58 Å². The van der Waals surface area contributed by atoms with E-state index in [1.165, 1.54) is 11.3 Å². The molecule has 3 aromatic rings. The van der Waals surface area contributed by atoms with Crippen molar-refractivity contribution in [1.82, 2.24) is 0 Å². The zero-order valence-corrected chi connectivity index (χ0v) is 12.1. The largest absolute Gasteiger partial charge is 0.488 e. The maximum absolute atomic E-state index is 12.6. The van der Waals surface area contributed by atoms with Crippen LogP contribution in [0.2, 0.25) is 5.02 Å². The van der Waals surface area contributed by atoms with Crippen molar-refractivity contribution in [2.45, 2.75) is 0 Å². The zero-order chi connectivity index (χ0) is 14.1. The first-order chi connectivity index (χ1) is 9.72. The van der Waals surface area contributed by atoms with Gasteiger partial charge in [-0.1, -0.05) is 36.4 Å². The van der Waals surface area contributed by atoms with E-state index >= 15 is 0 Å². The molecular formula is C16H11ClO2S. The Bertz CT molecular complexity index is 867. The highest BCUT2D eigenvalue weighted by molar-refractivity contribution is 7.25. The van der Waals surface area contributed by atoms with E-state index in [9.17, 15) is 4.79 Å². The molecule has 0 amide bonds. The first kappa shape index (κ1) is 13.2. The monoisotopic (exact) mass is 302 g/mol. The number of hydrogen-bond donors (Lipinski definition) is 0. The molecule has 1 aromatic heterocycles. The second-order valence-electron chi connectivity index (χ2n) is 4.28. The van der Waals surface area contributed by atoms with Crippen LogP contribution in [0.4, 0.5) is 0 Å². The lowest BCUT2D eigenvalue weighted by Crippen LogP contribution is -2.03. The van der Waals surface area contributed by atoms with Gasteiger partial charge in [0.1, 0.15) is 12.4 Å². The zero-order valence-electron chi connectivity index (χ0n) is 10.6. The van der Waals surface area contributed by atoms with Crippen LogP contribution in [-0.2, 0) is 0 Å². The molecule has 100 valence electrons. The summed E-state index contributed by atoms with van der Waals surface area (Å²) in [7, 11) is 0. The second kappa shape index (κ2) is 5.27.